The number of ether oxygens (including phenoxy) is 4. The fourth-order valence-corrected chi connectivity index (χ4v) is 4.58. The second-order valence-corrected chi connectivity index (χ2v) is 8.26. The van der Waals surface area contributed by atoms with E-state index in [2.05, 4.69) is 0 Å². The number of Topliss-reactive ketones (excluding diaryl/α,β-unsaturated/α-hetero) is 1. The highest BCUT2D eigenvalue weighted by Gasteiger charge is 2.59. The van der Waals surface area contributed by atoms with Gasteiger partial charge in [-0.25, -0.2) is 0 Å². The third kappa shape index (κ3) is 2.82. The molecule has 4 atom stereocenters. The lowest BCUT2D eigenvalue weighted by atomic mass is 9.85. The number of fused-ring (bicyclic) bond motifs is 5. The van der Waals surface area contributed by atoms with Crippen LogP contribution >= 0.6 is 0 Å². The van der Waals surface area contributed by atoms with Gasteiger partial charge < -0.3 is 18.9 Å². The fraction of sp³-hybridized carbons (Fsp3) is 0.391. The van der Waals surface area contributed by atoms with Gasteiger partial charge in [0.15, 0.2) is 5.78 Å². The number of benzene rings is 2. The molecule has 0 saturated carbocycles. The van der Waals surface area contributed by atoms with Crippen LogP contribution in [0.1, 0.15) is 60.7 Å². The number of hydrogen-bond donors (Lipinski definition) is 0. The molecule has 0 N–H and O–H groups in total. The van der Waals surface area contributed by atoms with Crippen LogP contribution in [-0.2, 0) is 14.3 Å². The minimum absolute atomic E-state index is 0.0218. The van der Waals surface area contributed by atoms with Crippen LogP contribution in [0.3, 0.4) is 0 Å². The Morgan fingerprint density at radius 1 is 1.10 bits per heavy atom. The summed E-state index contributed by atoms with van der Waals surface area (Å²) < 4.78 is 24.1. The van der Waals surface area contributed by atoms with Crippen molar-refractivity contribution in [3.8, 4) is 11.5 Å². The molecule has 6 nitrogen and oxygen atoms in total. The lowest BCUT2D eigenvalue weighted by Crippen LogP contribution is -2.38. The molecule has 0 radical (unpaired) electrons. The molecular formula is C23H22O6. The summed E-state index contributed by atoms with van der Waals surface area (Å²) in [5, 5.41) is 0. The summed E-state index contributed by atoms with van der Waals surface area (Å²) in [7, 11) is 0. The Morgan fingerprint density at radius 3 is 2.59 bits per heavy atom. The van der Waals surface area contributed by atoms with Gasteiger partial charge in [-0.3, -0.25) is 9.59 Å². The summed E-state index contributed by atoms with van der Waals surface area (Å²) in [4.78, 5) is 24.7. The summed E-state index contributed by atoms with van der Waals surface area (Å²) in [6.45, 7) is 5.12. The Morgan fingerprint density at radius 2 is 1.86 bits per heavy atom. The van der Waals surface area contributed by atoms with Crippen LogP contribution in [0, 0.1) is 0 Å². The molecule has 3 aliphatic rings. The van der Waals surface area contributed by atoms with Gasteiger partial charge in [-0.1, -0.05) is 30.3 Å². The number of ketones is 1. The maximum absolute atomic E-state index is 12.9. The molecule has 2 aromatic carbocycles. The van der Waals surface area contributed by atoms with E-state index < -0.39 is 18.0 Å². The zero-order valence-electron chi connectivity index (χ0n) is 16.5. The van der Waals surface area contributed by atoms with Gasteiger partial charge >= 0.3 is 5.97 Å². The second kappa shape index (κ2) is 6.32. The molecule has 150 valence electrons. The van der Waals surface area contributed by atoms with Crippen molar-refractivity contribution in [1.82, 2.24) is 0 Å². The van der Waals surface area contributed by atoms with Crippen LogP contribution in [-0.4, -0.2) is 29.7 Å². The van der Waals surface area contributed by atoms with E-state index in [9.17, 15) is 9.59 Å². The smallest absolute Gasteiger partial charge is 0.303 e. The van der Waals surface area contributed by atoms with E-state index in [0.29, 0.717) is 17.1 Å². The summed E-state index contributed by atoms with van der Waals surface area (Å²) in [6, 6.07) is 13.2. The summed E-state index contributed by atoms with van der Waals surface area (Å²) in [6.07, 6.45) is -1.23. The highest BCUT2D eigenvalue weighted by Crippen LogP contribution is 2.56. The predicted octanol–water partition coefficient (Wildman–Crippen LogP) is 3.94. The molecular weight excluding hydrogens is 372 g/mol. The van der Waals surface area contributed by atoms with Crippen LogP contribution in [0.4, 0.5) is 0 Å². The number of hydrogen-bond acceptors (Lipinski definition) is 6. The van der Waals surface area contributed by atoms with Crippen LogP contribution in [0.2, 0.25) is 0 Å². The summed E-state index contributed by atoms with van der Waals surface area (Å²) in [5.74, 6) is 0.394. The van der Waals surface area contributed by atoms with Crippen molar-refractivity contribution in [3.63, 3.8) is 0 Å². The maximum Gasteiger partial charge on any atom is 0.303 e. The second-order valence-electron chi connectivity index (χ2n) is 8.26. The van der Waals surface area contributed by atoms with Crippen molar-refractivity contribution >= 4 is 11.8 Å². The van der Waals surface area contributed by atoms with Gasteiger partial charge in [-0.05, 0) is 31.5 Å². The first-order chi connectivity index (χ1) is 13.8. The molecule has 5 rings (SSSR count). The van der Waals surface area contributed by atoms with Crippen LogP contribution in [0.15, 0.2) is 42.5 Å². The standard InChI is InChI=1S/C23H22O6/c1-12(24)26-21-19-18-16(28-22(19)29-23(21,2)3)10-9-14-15(25)11-17(27-20(14)18)13-7-5-4-6-8-13/h4-10,17,19,21-22H,11H2,1-3H3/t17-,19-,21+,22+/m0/s1. The lowest BCUT2D eigenvalue weighted by Gasteiger charge is -2.31. The number of carbonyl (C=O) groups is 2. The Hall–Kier alpha value is -2.86. The quantitative estimate of drug-likeness (QED) is 0.719. The molecule has 0 amide bonds. The summed E-state index contributed by atoms with van der Waals surface area (Å²) >= 11 is 0. The van der Waals surface area contributed by atoms with E-state index in [-0.39, 0.29) is 30.2 Å². The molecule has 2 aromatic rings. The molecule has 6 heteroatoms. The average molecular weight is 394 g/mol. The van der Waals surface area contributed by atoms with E-state index in [4.69, 9.17) is 18.9 Å². The first-order valence-electron chi connectivity index (χ1n) is 9.78. The molecule has 0 aromatic heterocycles. The van der Waals surface area contributed by atoms with Crippen molar-refractivity contribution in [2.45, 2.75) is 57.2 Å². The number of rotatable bonds is 2. The largest absolute Gasteiger partial charge is 0.484 e. The fourth-order valence-electron chi connectivity index (χ4n) is 4.58. The van der Waals surface area contributed by atoms with E-state index in [1.807, 2.05) is 44.2 Å². The molecule has 29 heavy (non-hydrogen) atoms. The zero-order valence-corrected chi connectivity index (χ0v) is 16.5. The molecule has 1 saturated heterocycles. The molecule has 0 aliphatic carbocycles. The minimum Gasteiger partial charge on any atom is -0.484 e. The molecule has 0 unspecified atom stereocenters. The molecule has 0 bridgehead atoms. The van der Waals surface area contributed by atoms with Gasteiger partial charge in [-0.15, -0.1) is 0 Å². The van der Waals surface area contributed by atoms with Crippen molar-refractivity contribution < 1.29 is 28.5 Å². The number of esters is 1. The van der Waals surface area contributed by atoms with Crippen molar-refractivity contribution in [3.05, 3.63) is 59.2 Å². The average Bonchev–Trinajstić information content (AvgIpc) is 3.14. The van der Waals surface area contributed by atoms with Crippen molar-refractivity contribution in [2.75, 3.05) is 0 Å². The Bertz CT molecular complexity index is 996. The first kappa shape index (κ1) is 18.2. The molecule has 1 fully saturated rings. The van der Waals surface area contributed by atoms with E-state index >= 15 is 0 Å². The minimum atomic E-state index is -0.723. The van der Waals surface area contributed by atoms with Gasteiger partial charge in [0.05, 0.1) is 23.5 Å². The number of carbonyl (C=O) groups excluding carboxylic acids is 2. The third-order valence-electron chi connectivity index (χ3n) is 5.85. The van der Waals surface area contributed by atoms with Crippen LogP contribution in [0.25, 0.3) is 0 Å². The Kier molecular flexibility index (Phi) is 3.96. The van der Waals surface area contributed by atoms with Crippen LogP contribution < -0.4 is 9.47 Å². The van der Waals surface area contributed by atoms with E-state index in [0.717, 1.165) is 11.1 Å². The Labute approximate surface area is 168 Å². The summed E-state index contributed by atoms with van der Waals surface area (Å²) in [5.41, 5.74) is 1.50. The monoisotopic (exact) mass is 394 g/mol. The highest BCUT2D eigenvalue weighted by atomic mass is 16.7. The third-order valence-corrected chi connectivity index (χ3v) is 5.85. The van der Waals surface area contributed by atoms with Gasteiger partial charge in [0.25, 0.3) is 0 Å². The van der Waals surface area contributed by atoms with Gasteiger partial charge in [0.1, 0.15) is 29.3 Å². The highest BCUT2D eigenvalue weighted by molar-refractivity contribution is 6.01. The van der Waals surface area contributed by atoms with Crippen LogP contribution in [0.5, 0.6) is 11.5 Å². The van der Waals surface area contributed by atoms with E-state index in [1.54, 1.807) is 12.1 Å². The topological polar surface area (TPSA) is 71.1 Å². The van der Waals surface area contributed by atoms with Gasteiger partial charge in [0.2, 0.25) is 6.29 Å². The lowest BCUT2D eigenvalue weighted by molar-refractivity contribution is -0.159. The molecule has 3 heterocycles. The van der Waals surface area contributed by atoms with Crippen molar-refractivity contribution in [2.24, 2.45) is 0 Å². The predicted molar refractivity (Wildman–Crippen MR) is 103 cm³/mol. The zero-order chi connectivity index (χ0) is 20.3. The molecule has 3 aliphatic heterocycles. The van der Waals surface area contributed by atoms with E-state index in [1.165, 1.54) is 6.92 Å². The first-order valence-corrected chi connectivity index (χ1v) is 9.78. The maximum atomic E-state index is 12.9. The Balaban J connectivity index is 1.60. The van der Waals surface area contributed by atoms with Crippen molar-refractivity contribution in [1.29, 1.82) is 0 Å². The van der Waals surface area contributed by atoms with Gasteiger partial charge in [-0.2, -0.15) is 0 Å². The van der Waals surface area contributed by atoms with Gasteiger partial charge in [0, 0.05) is 6.92 Å². The SMILES string of the molecule is CC(=O)O[C@@H]1[C@@H]2c3c(ccc4c3O[C@H](c3ccccc3)CC4=O)O[C@@H]2OC1(C)C. The normalized spacial score (nSPS) is 28.6. The molecule has 0 spiro atoms.